The van der Waals surface area contributed by atoms with Gasteiger partial charge in [-0.15, -0.1) is 0 Å². The van der Waals surface area contributed by atoms with Crippen molar-refractivity contribution >= 4 is 23.4 Å². The zero-order chi connectivity index (χ0) is 18.2. The summed E-state index contributed by atoms with van der Waals surface area (Å²) in [6.45, 7) is 0.377. The van der Waals surface area contributed by atoms with E-state index in [1.165, 1.54) is 6.07 Å². The third kappa shape index (κ3) is 5.29. The minimum Gasteiger partial charge on any atom is -0.493 e. The number of guanidine groups is 1. The third-order valence-electron chi connectivity index (χ3n) is 3.54. The molecule has 0 aliphatic heterocycles. The molecule has 0 saturated carbocycles. The number of nitrogens with two attached hydrogens (primary N) is 1. The van der Waals surface area contributed by atoms with Crippen molar-refractivity contribution in [2.24, 2.45) is 10.7 Å². The Morgan fingerprint density at radius 2 is 1.88 bits per heavy atom. The minimum absolute atomic E-state index is 0.242. The van der Waals surface area contributed by atoms with Gasteiger partial charge >= 0.3 is 0 Å². The lowest BCUT2D eigenvalue weighted by atomic mass is 10.1. The lowest BCUT2D eigenvalue weighted by Gasteiger charge is -2.11. The van der Waals surface area contributed by atoms with E-state index >= 15 is 0 Å². The Morgan fingerprint density at radius 3 is 2.56 bits per heavy atom. The summed E-state index contributed by atoms with van der Waals surface area (Å²) in [5.74, 6) is 1.99. The van der Waals surface area contributed by atoms with Crippen LogP contribution in [0.15, 0.2) is 41.4 Å². The van der Waals surface area contributed by atoms with Crippen LogP contribution in [0.1, 0.15) is 11.1 Å². The molecule has 0 aliphatic carbocycles. The van der Waals surface area contributed by atoms with Crippen molar-refractivity contribution < 1.29 is 13.9 Å². The molecule has 0 bridgehead atoms. The van der Waals surface area contributed by atoms with E-state index in [1.54, 1.807) is 50.2 Å². The summed E-state index contributed by atoms with van der Waals surface area (Å²) in [6.07, 6.45) is 1.98. The van der Waals surface area contributed by atoms with Crippen molar-refractivity contribution in [1.29, 1.82) is 0 Å². The third-order valence-corrected chi connectivity index (χ3v) is 4.14. The van der Waals surface area contributed by atoms with Gasteiger partial charge in [0.1, 0.15) is 5.82 Å². The number of benzene rings is 2. The van der Waals surface area contributed by atoms with Crippen molar-refractivity contribution in [3.05, 3.63) is 53.3 Å². The monoisotopic (exact) mass is 363 g/mol. The predicted molar refractivity (Wildman–Crippen MR) is 102 cm³/mol. The van der Waals surface area contributed by atoms with Crippen molar-refractivity contribution in [3.8, 4) is 11.5 Å². The summed E-state index contributed by atoms with van der Waals surface area (Å²) in [5, 5.41) is 3.01. The van der Waals surface area contributed by atoms with Gasteiger partial charge in [0, 0.05) is 17.5 Å². The Hall–Kier alpha value is -2.41. The molecular weight excluding hydrogens is 341 g/mol. The fourth-order valence-corrected chi connectivity index (χ4v) is 2.89. The van der Waals surface area contributed by atoms with E-state index in [1.807, 2.05) is 12.3 Å². The van der Waals surface area contributed by atoms with Gasteiger partial charge in [0.05, 0.1) is 20.8 Å². The molecule has 0 spiro atoms. The number of methoxy groups -OCH3 is 2. The number of anilines is 1. The number of hydrogen-bond donors (Lipinski definition) is 2. The zero-order valence-electron chi connectivity index (χ0n) is 14.5. The van der Waals surface area contributed by atoms with Crippen molar-refractivity contribution in [1.82, 2.24) is 0 Å². The van der Waals surface area contributed by atoms with Crippen LogP contribution in [-0.4, -0.2) is 26.4 Å². The zero-order valence-corrected chi connectivity index (χ0v) is 15.3. The number of nitrogens with zero attached hydrogens (tertiary/aromatic N) is 1. The predicted octanol–water partition coefficient (Wildman–Crippen LogP) is 3.63. The highest BCUT2D eigenvalue weighted by atomic mass is 32.2. The summed E-state index contributed by atoms with van der Waals surface area (Å²) in [6, 6.07) is 10.1. The highest BCUT2D eigenvalue weighted by molar-refractivity contribution is 7.97. The average molecular weight is 363 g/mol. The molecule has 0 atom stereocenters. The highest BCUT2D eigenvalue weighted by Gasteiger charge is 2.06. The van der Waals surface area contributed by atoms with E-state index in [9.17, 15) is 4.39 Å². The van der Waals surface area contributed by atoms with Crippen LogP contribution in [-0.2, 0) is 12.3 Å². The van der Waals surface area contributed by atoms with Crippen LogP contribution >= 0.6 is 11.8 Å². The molecule has 7 heteroatoms. The second-order valence-corrected chi connectivity index (χ2v) is 6.11. The lowest BCUT2D eigenvalue weighted by molar-refractivity contribution is 0.355. The van der Waals surface area contributed by atoms with Gasteiger partial charge in [-0.2, -0.15) is 11.8 Å². The Kier molecular flexibility index (Phi) is 6.94. The number of aliphatic imine (C=N–C) groups is 1. The second-order valence-electron chi connectivity index (χ2n) is 5.24. The smallest absolute Gasteiger partial charge is 0.193 e. The van der Waals surface area contributed by atoms with E-state index in [0.717, 1.165) is 22.6 Å². The summed E-state index contributed by atoms with van der Waals surface area (Å²) < 4.78 is 23.8. The van der Waals surface area contributed by atoms with E-state index in [4.69, 9.17) is 15.2 Å². The Balaban J connectivity index is 2.10. The first-order valence-electron chi connectivity index (χ1n) is 7.62. The standard InChI is InChI=1S/C18H22FN3O2S/c1-23-16-7-6-15(9-17(16)24-2)22-18(20)21-10-12-4-5-14(19)8-13(12)11-25-3/h4-9H,10-11H2,1-3H3,(H3,20,21,22). The van der Waals surface area contributed by atoms with Gasteiger partial charge in [-0.05, 0) is 41.6 Å². The maximum absolute atomic E-state index is 13.4. The molecule has 0 fully saturated rings. The lowest BCUT2D eigenvalue weighted by Crippen LogP contribution is -2.22. The number of halogens is 1. The van der Waals surface area contributed by atoms with Crippen molar-refractivity contribution in [2.45, 2.75) is 12.3 Å². The molecule has 134 valence electrons. The van der Waals surface area contributed by atoms with Gasteiger partial charge < -0.3 is 20.5 Å². The summed E-state index contributed by atoms with van der Waals surface area (Å²) >= 11 is 1.63. The van der Waals surface area contributed by atoms with Crippen LogP contribution in [0.25, 0.3) is 0 Å². The molecule has 0 aromatic heterocycles. The Morgan fingerprint density at radius 1 is 1.12 bits per heavy atom. The van der Waals surface area contributed by atoms with Gasteiger partial charge in [-0.1, -0.05) is 6.07 Å². The Bertz CT molecular complexity index is 753. The first kappa shape index (κ1) is 18.9. The number of hydrogen-bond acceptors (Lipinski definition) is 4. The fraction of sp³-hybridized carbons (Fsp3) is 0.278. The van der Waals surface area contributed by atoms with Gasteiger partial charge in [0.2, 0.25) is 0 Å². The fourth-order valence-electron chi connectivity index (χ4n) is 2.31. The largest absolute Gasteiger partial charge is 0.493 e. The summed E-state index contributed by atoms with van der Waals surface area (Å²) in [5.41, 5.74) is 8.57. The maximum Gasteiger partial charge on any atom is 0.193 e. The first-order chi connectivity index (χ1) is 12.1. The topological polar surface area (TPSA) is 68.9 Å². The van der Waals surface area contributed by atoms with Crippen molar-refractivity contribution in [3.63, 3.8) is 0 Å². The van der Waals surface area contributed by atoms with Crippen molar-refractivity contribution in [2.75, 3.05) is 25.8 Å². The van der Waals surface area contributed by atoms with E-state index in [-0.39, 0.29) is 11.8 Å². The number of ether oxygens (including phenoxy) is 2. The average Bonchev–Trinajstić information content (AvgIpc) is 2.61. The van der Waals surface area contributed by atoms with Gasteiger partial charge in [0.25, 0.3) is 0 Å². The van der Waals surface area contributed by atoms with Gasteiger partial charge in [-0.25, -0.2) is 9.38 Å². The van der Waals surface area contributed by atoms with Crippen LogP contribution < -0.4 is 20.5 Å². The molecular formula is C18H22FN3O2S. The van der Waals surface area contributed by atoms with Crippen LogP contribution in [0, 0.1) is 5.82 Å². The molecule has 25 heavy (non-hydrogen) atoms. The number of rotatable bonds is 7. The van der Waals surface area contributed by atoms with E-state index in [2.05, 4.69) is 10.3 Å². The molecule has 0 radical (unpaired) electrons. The summed E-state index contributed by atoms with van der Waals surface area (Å²) in [7, 11) is 3.15. The number of thioether (sulfide) groups is 1. The quantitative estimate of drug-likeness (QED) is 0.581. The SMILES string of the molecule is COc1ccc(NC(N)=NCc2ccc(F)cc2CSC)cc1OC. The molecule has 3 N–H and O–H groups in total. The molecule has 0 saturated heterocycles. The van der Waals surface area contributed by atoms with Crippen LogP contribution in [0.5, 0.6) is 11.5 Å². The Labute approximate surface area is 151 Å². The molecule has 0 amide bonds. The van der Waals surface area contributed by atoms with E-state index < -0.39 is 0 Å². The molecule has 5 nitrogen and oxygen atoms in total. The van der Waals surface area contributed by atoms with E-state index in [0.29, 0.717) is 18.0 Å². The van der Waals surface area contributed by atoms with Crippen LogP contribution in [0.2, 0.25) is 0 Å². The molecule has 2 rings (SSSR count). The van der Waals surface area contributed by atoms with Crippen LogP contribution in [0.3, 0.4) is 0 Å². The summed E-state index contributed by atoms with van der Waals surface area (Å²) in [4.78, 5) is 4.34. The normalized spacial score (nSPS) is 11.3. The molecule has 0 heterocycles. The molecule has 0 unspecified atom stereocenters. The highest BCUT2D eigenvalue weighted by Crippen LogP contribution is 2.29. The van der Waals surface area contributed by atoms with Gasteiger partial charge in [0.15, 0.2) is 17.5 Å². The van der Waals surface area contributed by atoms with Gasteiger partial charge in [-0.3, -0.25) is 0 Å². The molecule has 2 aromatic carbocycles. The maximum atomic E-state index is 13.4. The number of nitrogens with one attached hydrogen (secondary N) is 1. The first-order valence-corrected chi connectivity index (χ1v) is 9.02. The second kappa shape index (κ2) is 9.17. The van der Waals surface area contributed by atoms with Crippen LogP contribution in [0.4, 0.5) is 10.1 Å². The molecule has 0 aliphatic rings. The molecule has 2 aromatic rings. The minimum atomic E-state index is -0.242.